The third-order valence-corrected chi connectivity index (χ3v) is 6.16. The number of carbonyl (C=O) groups is 1. The van der Waals surface area contributed by atoms with Gasteiger partial charge in [0.15, 0.2) is 0 Å². The summed E-state index contributed by atoms with van der Waals surface area (Å²) in [5, 5.41) is 2.56. The summed E-state index contributed by atoms with van der Waals surface area (Å²) in [4.78, 5) is 12.0. The average Bonchev–Trinajstić information content (AvgIpc) is 2.54. The second kappa shape index (κ2) is 8.88. The molecule has 0 spiro atoms. The van der Waals surface area contributed by atoms with Gasteiger partial charge in [-0.25, -0.2) is 17.5 Å². The van der Waals surface area contributed by atoms with Crippen LogP contribution in [0.3, 0.4) is 0 Å². The Labute approximate surface area is 162 Å². The van der Waals surface area contributed by atoms with Crippen molar-refractivity contribution in [3.05, 3.63) is 62.8 Å². The lowest BCUT2D eigenvalue weighted by Gasteiger charge is -2.09. The van der Waals surface area contributed by atoms with E-state index in [0.29, 0.717) is 10.9 Å². The Morgan fingerprint density at radius 3 is 2.48 bits per heavy atom. The zero-order valence-corrected chi connectivity index (χ0v) is 16.9. The smallest absolute Gasteiger partial charge is 0.254 e. The molecule has 0 aliphatic rings. The van der Waals surface area contributed by atoms with Crippen LogP contribution in [0.4, 0.5) is 4.39 Å². The van der Waals surface area contributed by atoms with Gasteiger partial charge in [-0.3, -0.25) is 4.79 Å². The van der Waals surface area contributed by atoms with E-state index in [0.717, 1.165) is 4.47 Å². The number of benzene rings is 2. The third kappa shape index (κ3) is 5.60. The fourth-order valence-corrected chi connectivity index (χ4v) is 4.83. The summed E-state index contributed by atoms with van der Waals surface area (Å²) in [6.07, 6.45) is 0.369. The molecule has 0 atom stereocenters. The maximum Gasteiger partial charge on any atom is 0.254 e. The Balaban J connectivity index is 1.83. The predicted molar refractivity (Wildman–Crippen MR) is 100 cm³/mol. The highest BCUT2D eigenvalue weighted by Gasteiger charge is 2.17. The van der Waals surface area contributed by atoms with Crippen LogP contribution in [-0.4, -0.2) is 27.4 Å². The highest BCUT2D eigenvalue weighted by atomic mass is 79.9. The number of nitrogens with one attached hydrogen (secondary N) is 2. The monoisotopic (exact) mass is 492 g/mol. The number of amides is 1. The summed E-state index contributed by atoms with van der Waals surface area (Å²) in [7, 11) is -3.66. The Hall–Kier alpha value is -1.29. The lowest BCUT2D eigenvalue weighted by molar-refractivity contribution is 0.0949. The molecule has 0 aliphatic carbocycles. The van der Waals surface area contributed by atoms with Crippen LogP contribution >= 0.6 is 31.9 Å². The lowest BCUT2D eigenvalue weighted by Crippen LogP contribution is -2.30. The van der Waals surface area contributed by atoms with Gasteiger partial charge >= 0.3 is 0 Å². The topological polar surface area (TPSA) is 75.3 Å². The SMILES string of the molecule is O=C(NCCCNS(=O)(=O)c1ccc(Br)cc1Br)c1ccccc1F. The van der Waals surface area contributed by atoms with Crippen molar-refractivity contribution in [1.82, 2.24) is 10.0 Å². The fourth-order valence-electron chi connectivity index (χ4n) is 2.01. The first kappa shape index (κ1) is 20.0. The van der Waals surface area contributed by atoms with Crippen molar-refractivity contribution in [3.8, 4) is 0 Å². The summed E-state index contributed by atoms with van der Waals surface area (Å²) in [5.41, 5.74) is -0.0399. The number of carbonyl (C=O) groups excluding carboxylic acids is 1. The number of rotatable bonds is 7. The molecule has 5 nitrogen and oxygen atoms in total. The van der Waals surface area contributed by atoms with Gasteiger partial charge < -0.3 is 5.32 Å². The van der Waals surface area contributed by atoms with E-state index in [1.165, 1.54) is 24.3 Å². The van der Waals surface area contributed by atoms with Crippen molar-refractivity contribution in [3.63, 3.8) is 0 Å². The largest absolute Gasteiger partial charge is 0.352 e. The molecule has 25 heavy (non-hydrogen) atoms. The van der Waals surface area contributed by atoms with E-state index in [1.54, 1.807) is 18.2 Å². The molecule has 2 aromatic rings. The molecule has 0 saturated heterocycles. The van der Waals surface area contributed by atoms with E-state index < -0.39 is 21.7 Å². The third-order valence-electron chi connectivity index (χ3n) is 3.23. The van der Waals surface area contributed by atoms with E-state index in [2.05, 4.69) is 41.9 Å². The van der Waals surface area contributed by atoms with Crippen LogP contribution in [0.2, 0.25) is 0 Å². The van der Waals surface area contributed by atoms with Crippen LogP contribution in [0, 0.1) is 5.82 Å². The van der Waals surface area contributed by atoms with Crippen LogP contribution in [0.15, 0.2) is 56.3 Å². The maximum absolute atomic E-state index is 13.5. The molecule has 0 heterocycles. The number of sulfonamides is 1. The minimum atomic E-state index is -3.66. The number of hydrogen-bond acceptors (Lipinski definition) is 3. The van der Waals surface area contributed by atoms with Crippen LogP contribution < -0.4 is 10.0 Å². The van der Waals surface area contributed by atoms with Crippen LogP contribution in [0.25, 0.3) is 0 Å². The van der Waals surface area contributed by atoms with Crippen molar-refractivity contribution in [2.45, 2.75) is 11.3 Å². The molecular formula is C16H15Br2FN2O3S. The van der Waals surface area contributed by atoms with E-state index >= 15 is 0 Å². The first-order valence-corrected chi connectivity index (χ1v) is 10.4. The molecule has 0 aliphatic heterocycles. The first-order valence-electron chi connectivity index (χ1n) is 7.29. The van der Waals surface area contributed by atoms with Gasteiger partial charge in [-0.2, -0.15) is 0 Å². The minimum absolute atomic E-state index is 0.0399. The summed E-state index contributed by atoms with van der Waals surface area (Å²) < 4.78 is 41.6. The van der Waals surface area contributed by atoms with Gasteiger partial charge in [-0.1, -0.05) is 28.1 Å². The molecule has 0 aromatic heterocycles. The fraction of sp³-hybridized carbons (Fsp3) is 0.188. The molecule has 9 heteroatoms. The van der Waals surface area contributed by atoms with Gasteiger partial charge in [0.25, 0.3) is 5.91 Å². The van der Waals surface area contributed by atoms with Crippen molar-refractivity contribution < 1.29 is 17.6 Å². The highest BCUT2D eigenvalue weighted by molar-refractivity contribution is 9.11. The predicted octanol–water partition coefficient (Wildman–Crippen LogP) is 3.45. The normalized spacial score (nSPS) is 11.3. The van der Waals surface area contributed by atoms with Gasteiger partial charge in [-0.05, 0) is 52.7 Å². The highest BCUT2D eigenvalue weighted by Crippen LogP contribution is 2.25. The van der Waals surface area contributed by atoms with Gasteiger partial charge in [0, 0.05) is 22.0 Å². The Kier molecular flexibility index (Phi) is 7.12. The van der Waals surface area contributed by atoms with Crippen molar-refractivity contribution in [2.24, 2.45) is 0 Å². The van der Waals surface area contributed by atoms with Crippen molar-refractivity contribution in [1.29, 1.82) is 0 Å². The zero-order chi connectivity index (χ0) is 18.4. The Bertz CT molecular complexity index is 875. The number of halogens is 3. The quantitative estimate of drug-likeness (QED) is 0.580. The Morgan fingerprint density at radius 1 is 1.08 bits per heavy atom. The van der Waals surface area contributed by atoms with Crippen LogP contribution in [-0.2, 0) is 10.0 Å². The van der Waals surface area contributed by atoms with Gasteiger partial charge in [0.1, 0.15) is 5.82 Å². The summed E-state index contributed by atoms with van der Waals surface area (Å²) in [6.45, 7) is 0.361. The summed E-state index contributed by atoms with van der Waals surface area (Å²) in [5.74, 6) is -1.13. The Morgan fingerprint density at radius 2 is 1.80 bits per heavy atom. The van der Waals surface area contributed by atoms with Crippen LogP contribution in [0.5, 0.6) is 0 Å². The molecule has 134 valence electrons. The summed E-state index contributed by atoms with van der Waals surface area (Å²) >= 11 is 6.48. The molecule has 0 saturated carbocycles. The van der Waals surface area contributed by atoms with Crippen LogP contribution in [0.1, 0.15) is 16.8 Å². The molecule has 0 radical (unpaired) electrons. The van der Waals surface area contributed by atoms with Gasteiger partial charge in [0.2, 0.25) is 10.0 Å². The lowest BCUT2D eigenvalue weighted by atomic mass is 10.2. The van der Waals surface area contributed by atoms with E-state index in [-0.39, 0.29) is 23.5 Å². The minimum Gasteiger partial charge on any atom is -0.352 e. The summed E-state index contributed by atoms with van der Waals surface area (Å²) in [6, 6.07) is 10.4. The van der Waals surface area contributed by atoms with E-state index in [1.807, 2.05) is 0 Å². The maximum atomic E-state index is 13.5. The second-order valence-corrected chi connectivity index (χ2v) is 8.57. The molecule has 2 rings (SSSR count). The van der Waals surface area contributed by atoms with E-state index in [4.69, 9.17) is 0 Å². The molecule has 0 bridgehead atoms. The average molecular weight is 494 g/mol. The van der Waals surface area contributed by atoms with Gasteiger partial charge in [0.05, 0.1) is 10.5 Å². The van der Waals surface area contributed by atoms with Gasteiger partial charge in [-0.15, -0.1) is 0 Å². The zero-order valence-electron chi connectivity index (χ0n) is 12.9. The van der Waals surface area contributed by atoms with Crippen molar-refractivity contribution in [2.75, 3.05) is 13.1 Å². The standard InChI is InChI=1S/C16H15Br2FN2O3S/c17-11-6-7-15(13(18)10-11)25(23,24)21-9-3-8-20-16(22)12-4-1-2-5-14(12)19/h1-2,4-7,10,21H,3,8-9H2,(H,20,22). The molecule has 2 N–H and O–H groups in total. The van der Waals surface area contributed by atoms with E-state index in [9.17, 15) is 17.6 Å². The first-order chi connectivity index (χ1) is 11.8. The number of hydrogen-bond donors (Lipinski definition) is 2. The molecule has 0 unspecified atom stereocenters. The molecule has 1 amide bonds. The molecular weight excluding hydrogens is 479 g/mol. The molecule has 2 aromatic carbocycles. The second-order valence-electron chi connectivity index (χ2n) is 5.06. The molecule has 0 fully saturated rings. The van der Waals surface area contributed by atoms with Crippen molar-refractivity contribution >= 4 is 47.8 Å².